The van der Waals surface area contributed by atoms with Crippen LogP contribution in [0, 0.1) is 5.92 Å². The molecule has 2 heteroatoms. The Kier molecular flexibility index (Phi) is 4.39. The van der Waals surface area contributed by atoms with Crippen LogP contribution in [0.3, 0.4) is 0 Å². The Labute approximate surface area is 88.3 Å². The molecule has 0 aliphatic heterocycles. The van der Waals surface area contributed by atoms with E-state index in [0.29, 0.717) is 18.0 Å². The highest BCUT2D eigenvalue weighted by Crippen LogP contribution is 2.26. The molecule has 1 N–H and O–H groups in total. The highest BCUT2D eigenvalue weighted by Gasteiger charge is 2.31. The first-order chi connectivity index (χ1) is 6.52. The molecule has 0 heterocycles. The van der Waals surface area contributed by atoms with Gasteiger partial charge in [0.1, 0.15) is 0 Å². The van der Waals surface area contributed by atoms with Gasteiger partial charge in [-0.1, -0.05) is 13.8 Å². The van der Waals surface area contributed by atoms with E-state index < -0.39 is 0 Å². The Bertz CT molecular complexity index is 168. The van der Waals surface area contributed by atoms with Gasteiger partial charge in [0.15, 0.2) is 0 Å². The van der Waals surface area contributed by atoms with Gasteiger partial charge in [-0.15, -0.1) is 0 Å². The minimum atomic E-state index is -0.0869. The van der Waals surface area contributed by atoms with E-state index in [-0.39, 0.29) is 6.10 Å². The van der Waals surface area contributed by atoms with Gasteiger partial charge in [0.2, 0.25) is 0 Å². The molecule has 1 rings (SSSR count). The third-order valence-corrected chi connectivity index (χ3v) is 3.11. The molecule has 84 valence electrons. The molecular weight excluding hydrogens is 174 g/mol. The predicted molar refractivity (Wildman–Crippen MR) is 60.3 cm³/mol. The summed E-state index contributed by atoms with van der Waals surface area (Å²) in [5.74, 6) is 0.685. The number of hydrogen-bond acceptors (Lipinski definition) is 2. The highest BCUT2D eigenvalue weighted by atomic mass is 16.3. The smallest absolute Gasteiger partial charge is 0.0695 e. The van der Waals surface area contributed by atoms with E-state index in [9.17, 15) is 5.11 Å². The molecule has 1 aliphatic carbocycles. The van der Waals surface area contributed by atoms with Gasteiger partial charge in [0.05, 0.1) is 6.10 Å². The Morgan fingerprint density at radius 1 is 1.21 bits per heavy atom. The first kappa shape index (κ1) is 12.0. The maximum atomic E-state index is 9.88. The minimum absolute atomic E-state index is 0.0869. The van der Waals surface area contributed by atoms with Crippen LogP contribution in [0.5, 0.6) is 0 Å². The Balaban J connectivity index is 2.57. The second-order valence-corrected chi connectivity index (χ2v) is 5.25. The number of rotatable bonds is 4. The monoisotopic (exact) mass is 199 g/mol. The molecular formula is C12H25NO. The number of aliphatic hydroxyl groups excluding tert-OH is 1. The summed E-state index contributed by atoms with van der Waals surface area (Å²) < 4.78 is 0. The van der Waals surface area contributed by atoms with Crippen LogP contribution in [-0.4, -0.2) is 34.7 Å². The van der Waals surface area contributed by atoms with E-state index >= 15 is 0 Å². The Hall–Kier alpha value is -0.0800. The third kappa shape index (κ3) is 2.96. The fourth-order valence-electron chi connectivity index (χ4n) is 2.46. The lowest BCUT2D eigenvalue weighted by Gasteiger charge is -2.35. The van der Waals surface area contributed by atoms with Crippen LogP contribution >= 0.6 is 0 Å². The largest absolute Gasteiger partial charge is 0.391 e. The van der Waals surface area contributed by atoms with E-state index in [2.05, 4.69) is 32.6 Å². The average Bonchev–Trinajstić information content (AvgIpc) is 2.46. The molecule has 0 spiro atoms. The molecule has 0 radical (unpaired) electrons. The molecule has 0 aromatic carbocycles. The maximum Gasteiger partial charge on any atom is 0.0695 e. The summed E-state index contributed by atoms with van der Waals surface area (Å²) in [6.45, 7) is 10.1. The molecule has 0 unspecified atom stereocenters. The van der Waals surface area contributed by atoms with Crippen LogP contribution in [0.2, 0.25) is 0 Å². The van der Waals surface area contributed by atoms with Gasteiger partial charge in [-0.25, -0.2) is 0 Å². The molecule has 1 saturated carbocycles. The zero-order chi connectivity index (χ0) is 10.7. The van der Waals surface area contributed by atoms with Crippen molar-refractivity contribution >= 4 is 0 Å². The third-order valence-electron chi connectivity index (χ3n) is 3.11. The lowest BCUT2D eigenvalue weighted by Crippen LogP contribution is -2.46. The maximum absolute atomic E-state index is 9.88. The van der Waals surface area contributed by atoms with Crippen molar-refractivity contribution in [1.29, 1.82) is 0 Å². The Morgan fingerprint density at radius 3 is 2.21 bits per heavy atom. The number of nitrogens with zero attached hydrogens (tertiary/aromatic N) is 1. The molecule has 0 amide bonds. The fourth-order valence-corrected chi connectivity index (χ4v) is 2.46. The lowest BCUT2D eigenvalue weighted by molar-refractivity contribution is 0.0443. The van der Waals surface area contributed by atoms with Gasteiger partial charge in [-0.2, -0.15) is 0 Å². The lowest BCUT2D eigenvalue weighted by atomic mass is 10.1. The number of aliphatic hydroxyl groups is 1. The van der Waals surface area contributed by atoms with Crippen LogP contribution in [0.25, 0.3) is 0 Å². The second-order valence-electron chi connectivity index (χ2n) is 5.25. The molecule has 0 saturated heterocycles. The summed E-state index contributed by atoms with van der Waals surface area (Å²) in [6.07, 6.45) is 3.27. The summed E-state index contributed by atoms with van der Waals surface area (Å²) in [5, 5.41) is 9.88. The van der Waals surface area contributed by atoms with E-state index in [1.807, 2.05) is 0 Å². The molecule has 2 atom stereocenters. The van der Waals surface area contributed by atoms with Gasteiger partial charge in [0.25, 0.3) is 0 Å². The van der Waals surface area contributed by atoms with E-state index in [1.165, 1.54) is 12.8 Å². The zero-order valence-corrected chi connectivity index (χ0v) is 10.0. The van der Waals surface area contributed by atoms with Crippen LogP contribution in [0.1, 0.15) is 47.0 Å². The molecule has 0 bridgehead atoms. The topological polar surface area (TPSA) is 23.5 Å². The van der Waals surface area contributed by atoms with Crippen LogP contribution in [-0.2, 0) is 0 Å². The normalized spacial score (nSPS) is 28.3. The summed E-state index contributed by atoms with van der Waals surface area (Å²) in [5.41, 5.74) is 0. The SMILES string of the molecule is CC(C)CN(C(C)C)[C@H]1CCC[C@@H]1O. The van der Waals surface area contributed by atoms with Crippen LogP contribution in [0.15, 0.2) is 0 Å². The molecule has 14 heavy (non-hydrogen) atoms. The first-order valence-electron chi connectivity index (χ1n) is 5.96. The molecule has 0 aromatic rings. The van der Waals surface area contributed by atoms with Crippen molar-refractivity contribution in [2.45, 2.75) is 65.1 Å². The van der Waals surface area contributed by atoms with Gasteiger partial charge in [-0.05, 0) is 39.0 Å². The van der Waals surface area contributed by atoms with E-state index in [4.69, 9.17) is 0 Å². The standard InChI is InChI=1S/C12H25NO/c1-9(2)8-13(10(3)4)11-6-5-7-12(11)14/h9-12,14H,5-8H2,1-4H3/t11-,12-/m0/s1. The summed E-state index contributed by atoms with van der Waals surface area (Å²) >= 11 is 0. The summed E-state index contributed by atoms with van der Waals surface area (Å²) in [7, 11) is 0. The van der Waals surface area contributed by atoms with Crippen molar-refractivity contribution in [2.75, 3.05) is 6.54 Å². The first-order valence-corrected chi connectivity index (χ1v) is 5.96. The van der Waals surface area contributed by atoms with Gasteiger partial charge in [0, 0.05) is 18.6 Å². The predicted octanol–water partition coefficient (Wildman–Crippen LogP) is 2.27. The van der Waals surface area contributed by atoms with Crippen molar-refractivity contribution in [3.63, 3.8) is 0 Å². The van der Waals surface area contributed by atoms with Crippen LogP contribution in [0.4, 0.5) is 0 Å². The average molecular weight is 199 g/mol. The van der Waals surface area contributed by atoms with Crippen molar-refractivity contribution in [3.05, 3.63) is 0 Å². The van der Waals surface area contributed by atoms with Gasteiger partial charge in [-0.3, -0.25) is 4.90 Å². The zero-order valence-electron chi connectivity index (χ0n) is 10.0. The molecule has 1 aliphatic rings. The molecule has 2 nitrogen and oxygen atoms in total. The quantitative estimate of drug-likeness (QED) is 0.751. The van der Waals surface area contributed by atoms with Crippen LogP contribution < -0.4 is 0 Å². The van der Waals surface area contributed by atoms with Crippen molar-refractivity contribution in [1.82, 2.24) is 4.90 Å². The fraction of sp³-hybridized carbons (Fsp3) is 1.00. The molecule has 1 fully saturated rings. The van der Waals surface area contributed by atoms with Gasteiger partial charge >= 0.3 is 0 Å². The Morgan fingerprint density at radius 2 is 1.86 bits per heavy atom. The number of hydrogen-bond donors (Lipinski definition) is 1. The van der Waals surface area contributed by atoms with E-state index in [1.54, 1.807) is 0 Å². The van der Waals surface area contributed by atoms with Crippen molar-refractivity contribution < 1.29 is 5.11 Å². The second kappa shape index (κ2) is 5.13. The minimum Gasteiger partial charge on any atom is -0.391 e. The van der Waals surface area contributed by atoms with Crippen molar-refractivity contribution in [3.8, 4) is 0 Å². The van der Waals surface area contributed by atoms with Crippen molar-refractivity contribution in [2.24, 2.45) is 5.92 Å². The van der Waals surface area contributed by atoms with E-state index in [0.717, 1.165) is 13.0 Å². The van der Waals surface area contributed by atoms with Gasteiger partial charge < -0.3 is 5.11 Å². The molecule has 0 aromatic heterocycles. The summed E-state index contributed by atoms with van der Waals surface area (Å²) in [6, 6.07) is 0.965. The summed E-state index contributed by atoms with van der Waals surface area (Å²) in [4.78, 5) is 2.47. The highest BCUT2D eigenvalue weighted by molar-refractivity contribution is 4.86.